The van der Waals surface area contributed by atoms with Crippen LogP contribution in [0, 0.1) is 0 Å². The van der Waals surface area contributed by atoms with Gasteiger partial charge in [-0.1, -0.05) is 12.8 Å². The molecule has 0 atom stereocenters. The number of hydrogen-bond donors (Lipinski definition) is 1. The van der Waals surface area contributed by atoms with Gasteiger partial charge in [-0.3, -0.25) is 9.59 Å². The number of rotatable bonds is 2. The molecular formula is C13H23N3O2. The predicted octanol–water partition coefficient (Wildman–Crippen LogP) is 0.209. The number of carbonyl (C=O) groups excluding carboxylic acids is 2. The van der Waals surface area contributed by atoms with Crippen LogP contribution in [0.5, 0.6) is 0 Å². The molecule has 2 rings (SSSR count). The summed E-state index contributed by atoms with van der Waals surface area (Å²) in [5.41, 5.74) is 0. The van der Waals surface area contributed by atoms with Crippen molar-refractivity contribution in [3.05, 3.63) is 0 Å². The van der Waals surface area contributed by atoms with Crippen molar-refractivity contribution in [2.24, 2.45) is 0 Å². The molecule has 0 spiro atoms. The maximum absolute atomic E-state index is 12.3. The lowest BCUT2D eigenvalue weighted by Gasteiger charge is -2.32. The molecule has 5 heteroatoms. The first kappa shape index (κ1) is 13.3. The van der Waals surface area contributed by atoms with Crippen LogP contribution >= 0.6 is 0 Å². The summed E-state index contributed by atoms with van der Waals surface area (Å²) >= 11 is 0. The minimum Gasteiger partial charge on any atom is -0.332 e. The largest absolute Gasteiger partial charge is 0.332 e. The second-order valence-electron chi connectivity index (χ2n) is 5.07. The Kier molecular flexibility index (Phi) is 4.58. The summed E-state index contributed by atoms with van der Waals surface area (Å²) in [5, 5.41) is 3.19. The quantitative estimate of drug-likeness (QED) is 0.716. The summed E-state index contributed by atoms with van der Waals surface area (Å²) in [6.07, 6.45) is 4.45. The summed E-state index contributed by atoms with van der Waals surface area (Å²) in [5.74, 6) is -0.614. The minimum atomic E-state index is -0.315. The lowest BCUT2D eigenvalue weighted by Crippen LogP contribution is -2.53. The van der Waals surface area contributed by atoms with Crippen LogP contribution in [-0.4, -0.2) is 60.4 Å². The van der Waals surface area contributed by atoms with Crippen LogP contribution in [0.15, 0.2) is 0 Å². The highest BCUT2D eigenvalue weighted by molar-refractivity contribution is 6.35. The number of nitrogens with one attached hydrogen (secondary N) is 1. The fourth-order valence-corrected chi connectivity index (χ4v) is 2.91. The molecule has 1 aliphatic heterocycles. The maximum Gasteiger partial charge on any atom is 0.312 e. The van der Waals surface area contributed by atoms with Gasteiger partial charge in [0.1, 0.15) is 0 Å². The van der Waals surface area contributed by atoms with E-state index in [0.29, 0.717) is 19.6 Å². The normalized spacial score (nSPS) is 21.1. The van der Waals surface area contributed by atoms with Crippen molar-refractivity contribution in [1.82, 2.24) is 15.1 Å². The van der Waals surface area contributed by atoms with Gasteiger partial charge in [0.2, 0.25) is 0 Å². The third-order valence-corrected chi connectivity index (χ3v) is 3.95. The van der Waals surface area contributed by atoms with E-state index in [2.05, 4.69) is 5.32 Å². The van der Waals surface area contributed by atoms with E-state index in [1.54, 1.807) is 9.80 Å². The Labute approximate surface area is 108 Å². The Hall–Kier alpha value is -1.10. The van der Waals surface area contributed by atoms with E-state index < -0.39 is 0 Å². The van der Waals surface area contributed by atoms with Crippen molar-refractivity contribution in [2.45, 2.75) is 38.6 Å². The third-order valence-electron chi connectivity index (χ3n) is 3.95. The molecule has 18 heavy (non-hydrogen) atoms. The number of amides is 2. The number of nitrogens with zero attached hydrogens (tertiary/aromatic N) is 2. The molecule has 102 valence electrons. The summed E-state index contributed by atoms with van der Waals surface area (Å²) in [6.45, 7) is 5.46. The van der Waals surface area contributed by atoms with E-state index in [9.17, 15) is 9.59 Å². The van der Waals surface area contributed by atoms with Crippen LogP contribution in [0.4, 0.5) is 0 Å². The smallest absolute Gasteiger partial charge is 0.312 e. The molecule has 1 N–H and O–H groups in total. The zero-order chi connectivity index (χ0) is 13.0. The van der Waals surface area contributed by atoms with Gasteiger partial charge in [0.25, 0.3) is 0 Å². The molecule has 1 saturated carbocycles. The van der Waals surface area contributed by atoms with Gasteiger partial charge in [0, 0.05) is 38.8 Å². The average Bonchev–Trinajstić information content (AvgIpc) is 2.93. The molecular weight excluding hydrogens is 230 g/mol. The molecule has 2 amide bonds. The Morgan fingerprint density at radius 2 is 1.83 bits per heavy atom. The Bertz CT molecular complexity index is 307. The second kappa shape index (κ2) is 6.18. The van der Waals surface area contributed by atoms with Gasteiger partial charge in [0.05, 0.1) is 0 Å². The van der Waals surface area contributed by atoms with E-state index in [4.69, 9.17) is 0 Å². The lowest BCUT2D eigenvalue weighted by molar-refractivity contribution is -0.153. The number of hydrogen-bond acceptors (Lipinski definition) is 3. The van der Waals surface area contributed by atoms with E-state index in [0.717, 1.165) is 25.9 Å². The zero-order valence-corrected chi connectivity index (χ0v) is 11.2. The Balaban J connectivity index is 1.96. The topological polar surface area (TPSA) is 52.7 Å². The Morgan fingerprint density at radius 1 is 1.22 bits per heavy atom. The van der Waals surface area contributed by atoms with Crippen molar-refractivity contribution >= 4 is 11.8 Å². The van der Waals surface area contributed by atoms with Crippen LogP contribution in [0.2, 0.25) is 0 Å². The molecule has 0 aromatic heterocycles. The van der Waals surface area contributed by atoms with Crippen LogP contribution in [-0.2, 0) is 9.59 Å². The van der Waals surface area contributed by atoms with Gasteiger partial charge in [-0.15, -0.1) is 0 Å². The molecule has 0 aromatic carbocycles. The van der Waals surface area contributed by atoms with Gasteiger partial charge in [-0.2, -0.15) is 0 Å². The van der Waals surface area contributed by atoms with E-state index in [-0.39, 0.29) is 17.9 Å². The Morgan fingerprint density at radius 3 is 2.39 bits per heavy atom. The lowest BCUT2D eigenvalue weighted by atomic mass is 10.2. The molecule has 1 saturated heterocycles. The van der Waals surface area contributed by atoms with Crippen molar-refractivity contribution in [1.29, 1.82) is 0 Å². The monoisotopic (exact) mass is 253 g/mol. The van der Waals surface area contributed by atoms with E-state index in [1.165, 1.54) is 12.8 Å². The highest BCUT2D eigenvalue weighted by Crippen LogP contribution is 2.23. The first-order valence-corrected chi connectivity index (χ1v) is 7.04. The summed E-state index contributed by atoms with van der Waals surface area (Å²) in [6, 6.07) is 0.286. The molecule has 1 aliphatic carbocycles. The predicted molar refractivity (Wildman–Crippen MR) is 69.1 cm³/mol. The fourth-order valence-electron chi connectivity index (χ4n) is 2.91. The van der Waals surface area contributed by atoms with Crippen molar-refractivity contribution in [2.75, 3.05) is 32.7 Å². The second-order valence-corrected chi connectivity index (χ2v) is 5.07. The van der Waals surface area contributed by atoms with Crippen LogP contribution in [0.1, 0.15) is 32.6 Å². The van der Waals surface area contributed by atoms with Gasteiger partial charge in [0.15, 0.2) is 0 Å². The molecule has 0 radical (unpaired) electrons. The molecule has 2 fully saturated rings. The fraction of sp³-hybridized carbons (Fsp3) is 0.846. The molecule has 5 nitrogen and oxygen atoms in total. The maximum atomic E-state index is 12.3. The highest BCUT2D eigenvalue weighted by atomic mass is 16.2. The molecule has 0 unspecified atom stereocenters. The summed E-state index contributed by atoms with van der Waals surface area (Å²) in [7, 11) is 0. The molecule has 1 heterocycles. The first-order valence-electron chi connectivity index (χ1n) is 7.04. The SMILES string of the molecule is CCN(C(=O)C(=O)N1CCNCC1)C1CCCC1. The molecule has 2 aliphatic rings. The summed E-state index contributed by atoms with van der Waals surface area (Å²) < 4.78 is 0. The van der Waals surface area contributed by atoms with Gasteiger partial charge in [-0.05, 0) is 19.8 Å². The zero-order valence-electron chi connectivity index (χ0n) is 11.2. The number of likely N-dealkylation sites (N-methyl/N-ethyl adjacent to an activating group) is 1. The van der Waals surface area contributed by atoms with Gasteiger partial charge < -0.3 is 15.1 Å². The highest BCUT2D eigenvalue weighted by Gasteiger charge is 2.32. The van der Waals surface area contributed by atoms with E-state index in [1.807, 2.05) is 6.92 Å². The minimum absolute atomic E-state index is 0.286. The number of piperazine rings is 1. The van der Waals surface area contributed by atoms with Crippen molar-refractivity contribution < 1.29 is 9.59 Å². The van der Waals surface area contributed by atoms with Gasteiger partial charge >= 0.3 is 11.8 Å². The van der Waals surface area contributed by atoms with Crippen LogP contribution < -0.4 is 5.32 Å². The average molecular weight is 253 g/mol. The molecule has 0 aromatic rings. The standard InChI is InChI=1S/C13H23N3O2/c1-2-16(11-5-3-4-6-11)13(18)12(17)15-9-7-14-8-10-15/h11,14H,2-10H2,1H3. The first-order chi connectivity index (χ1) is 8.74. The van der Waals surface area contributed by atoms with E-state index >= 15 is 0 Å². The summed E-state index contributed by atoms with van der Waals surface area (Å²) in [4.78, 5) is 27.9. The van der Waals surface area contributed by atoms with Crippen molar-refractivity contribution in [3.63, 3.8) is 0 Å². The van der Waals surface area contributed by atoms with Crippen LogP contribution in [0.25, 0.3) is 0 Å². The van der Waals surface area contributed by atoms with Crippen molar-refractivity contribution in [3.8, 4) is 0 Å². The van der Waals surface area contributed by atoms with Crippen LogP contribution in [0.3, 0.4) is 0 Å². The molecule has 0 bridgehead atoms. The number of carbonyl (C=O) groups is 2. The van der Waals surface area contributed by atoms with Gasteiger partial charge in [-0.25, -0.2) is 0 Å². The third kappa shape index (κ3) is 2.83.